The first-order valence-electron chi connectivity index (χ1n) is 3.91. The monoisotopic (exact) mass is 239 g/mol. The molecule has 16 heavy (non-hydrogen) atoms. The molecule has 0 N–H and O–H groups in total. The molecule has 0 bridgehead atoms. The Morgan fingerprint density at radius 2 is 1.94 bits per heavy atom. The molecule has 0 fully saturated rings. The Morgan fingerprint density at radius 1 is 1.38 bits per heavy atom. The van der Waals surface area contributed by atoms with Gasteiger partial charge in [0.15, 0.2) is 0 Å². The summed E-state index contributed by atoms with van der Waals surface area (Å²) in [6, 6.07) is 1.01. The fraction of sp³-hybridized carbons (Fsp3) is 0.250. The molecule has 1 aromatic carbocycles. The molecule has 0 aliphatic heterocycles. The second-order valence-electron chi connectivity index (χ2n) is 2.87. The van der Waals surface area contributed by atoms with Crippen LogP contribution in [0.5, 0.6) is 5.75 Å². The van der Waals surface area contributed by atoms with Gasteiger partial charge >= 0.3 is 12.0 Å². The Kier molecular flexibility index (Phi) is 3.02. The lowest BCUT2D eigenvalue weighted by Gasteiger charge is -2.11. The summed E-state index contributed by atoms with van der Waals surface area (Å²) in [6.45, 7) is 1.15. The summed E-state index contributed by atoms with van der Waals surface area (Å²) >= 11 is 0. The maximum Gasteiger partial charge on any atom is 0.573 e. The minimum atomic E-state index is -4.96. The number of nitro groups is 1. The molecule has 8 heteroatoms. The largest absolute Gasteiger partial charge is 0.573 e. The number of benzene rings is 1. The minimum Gasteiger partial charge on any atom is -0.405 e. The van der Waals surface area contributed by atoms with Crippen molar-refractivity contribution in [3.05, 3.63) is 33.6 Å². The second kappa shape index (κ2) is 3.95. The highest BCUT2D eigenvalue weighted by Gasteiger charge is 2.32. The molecule has 0 aliphatic carbocycles. The van der Waals surface area contributed by atoms with Crippen molar-refractivity contribution in [1.29, 1.82) is 0 Å². The summed E-state index contributed by atoms with van der Waals surface area (Å²) in [5, 5.41) is 10.3. The minimum absolute atomic E-state index is 0.176. The van der Waals surface area contributed by atoms with Gasteiger partial charge in [-0.05, 0) is 12.5 Å². The fourth-order valence-electron chi connectivity index (χ4n) is 1.02. The van der Waals surface area contributed by atoms with Crippen molar-refractivity contribution in [2.75, 3.05) is 0 Å². The number of hydrogen-bond donors (Lipinski definition) is 0. The van der Waals surface area contributed by atoms with Gasteiger partial charge in [-0.15, -0.1) is 13.2 Å². The van der Waals surface area contributed by atoms with Crippen LogP contribution in [0.4, 0.5) is 23.2 Å². The van der Waals surface area contributed by atoms with Gasteiger partial charge in [-0.2, -0.15) is 4.39 Å². The highest BCUT2D eigenvalue weighted by Crippen LogP contribution is 2.30. The Morgan fingerprint density at radius 3 is 2.38 bits per heavy atom. The summed E-state index contributed by atoms with van der Waals surface area (Å²) in [5.74, 6) is -2.18. The van der Waals surface area contributed by atoms with Crippen LogP contribution in [0, 0.1) is 22.9 Å². The quantitative estimate of drug-likeness (QED) is 0.453. The van der Waals surface area contributed by atoms with Crippen LogP contribution in [0.2, 0.25) is 0 Å². The summed E-state index contributed by atoms with van der Waals surface area (Å²) in [6.07, 6.45) is -4.96. The lowest BCUT2D eigenvalue weighted by Crippen LogP contribution is -2.18. The smallest absolute Gasteiger partial charge is 0.405 e. The average Bonchev–Trinajstić information content (AvgIpc) is 2.07. The molecule has 1 rings (SSSR count). The highest BCUT2D eigenvalue weighted by atomic mass is 19.4. The zero-order valence-electron chi connectivity index (χ0n) is 7.84. The van der Waals surface area contributed by atoms with Gasteiger partial charge in [-0.3, -0.25) is 10.1 Å². The van der Waals surface area contributed by atoms with Crippen molar-refractivity contribution >= 4 is 5.69 Å². The van der Waals surface area contributed by atoms with Crippen LogP contribution >= 0.6 is 0 Å². The zero-order valence-corrected chi connectivity index (χ0v) is 7.84. The third-order valence-corrected chi connectivity index (χ3v) is 1.67. The molecule has 0 atom stereocenters. The van der Waals surface area contributed by atoms with Gasteiger partial charge in [0.05, 0.1) is 4.92 Å². The van der Waals surface area contributed by atoms with E-state index in [-0.39, 0.29) is 5.56 Å². The highest BCUT2D eigenvalue weighted by molar-refractivity contribution is 5.44. The standard InChI is InChI=1S/C8H5F4NO3/c1-4-2-6(13(14)15)5(9)3-7(4)16-8(10,11)12/h2-3H,1H3. The maximum atomic E-state index is 13.0. The number of ether oxygens (including phenoxy) is 1. The van der Waals surface area contributed by atoms with E-state index in [9.17, 15) is 27.7 Å². The predicted octanol–water partition coefficient (Wildman–Crippen LogP) is 2.94. The Labute approximate surface area is 86.6 Å². The molecule has 0 heterocycles. The van der Waals surface area contributed by atoms with E-state index in [4.69, 9.17) is 0 Å². The first-order chi connectivity index (χ1) is 7.20. The van der Waals surface area contributed by atoms with Crippen LogP contribution in [0.25, 0.3) is 0 Å². The molecule has 0 radical (unpaired) electrons. The van der Waals surface area contributed by atoms with Crippen molar-refractivity contribution in [1.82, 2.24) is 0 Å². The van der Waals surface area contributed by atoms with Crippen molar-refractivity contribution in [3.63, 3.8) is 0 Å². The molecule has 0 saturated carbocycles. The SMILES string of the molecule is Cc1cc([N+](=O)[O-])c(F)cc1OC(F)(F)F. The maximum absolute atomic E-state index is 13.0. The number of nitrogens with zero attached hydrogens (tertiary/aromatic N) is 1. The van der Waals surface area contributed by atoms with E-state index in [1.807, 2.05) is 0 Å². The van der Waals surface area contributed by atoms with Crippen LogP contribution in [0.15, 0.2) is 12.1 Å². The van der Waals surface area contributed by atoms with Crippen molar-refractivity contribution in [2.45, 2.75) is 13.3 Å². The summed E-state index contributed by atoms with van der Waals surface area (Å²) in [4.78, 5) is 9.24. The number of halogens is 4. The zero-order chi connectivity index (χ0) is 12.5. The lowest BCUT2D eigenvalue weighted by atomic mass is 10.2. The fourth-order valence-corrected chi connectivity index (χ4v) is 1.02. The van der Waals surface area contributed by atoms with Gasteiger partial charge in [0.1, 0.15) is 5.75 Å². The van der Waals surface area contributed by atoms with Gasteiger partial charge in [0, 0.05) is 12.1 Å². The summed E-state index contributed by atoms with van der Waals surface area (Å²) in [5.41, 5.74) is -1.07. The molecule has 0 unspecified atom stereocenters. The van der Waals surface area contributed by atoms with E-state index in [0.29, 0.717) is 12.1 Å². The summed E-state index contributed by atoms with van der Waals surface area (Å²) < 4.78 is 52.0. The predicted molar refractivity (Wildman–Crippen MR) is 44.5 cm³/mol. The molecule has 1 aromatic rings. The lowest BCUT2D eigenvalue weighted by molar-refractivity contribution is -0.387. The topological polar surface area (TPSA) is 52.4 Å². The number of rotatable bonds is 2. The van der Waals surface area contributed by atoms with Gasteiger partial charge in [0.25, 0.3) is 0 Å². The van der Waals surface area contributed by atoms with E-state index in [0.717, 1.165) is 6.92 Å². The Balaban J connectivity index is 3.16. The molecule has 0 saturated heterocycles. The van der Waals surface area contributed by atoms with E-state index >= 15 is 0 Å². The number of aryl methyl sites for hydroxylation is 1. The third kappa shape index (κ3) is 2.81. The van der Waals surface area contributed by atoms with Crippen LogP contribution in [0.3, 0.4) is 0 Å². The van der Waals surface area contributed by atoms with Crippen LogP contribution in [-0.4, -0.2) is 11.3 Å². The second-order valence-corrected chi connectivity index (χ2v) is 2.87. The van der Waals surface area contributed by atoms with E-state index < -0.39 is 28.5 Å². The molecule has 0 aromatic heterocycles. The summed E-state index contributed by atoms with van der Waals surface area (Å²) in [7, 11) is 0. The molecule has 0 aliphatic rings. The van der Waals surface area contributed by atoms with Gasteiger partial charge in [-0.1, -0.05) is 0 Å². The molecule has 88 valence electrons. The average molecular weight is 239 g/mol. The van der Waals surface area contributed by atoms with Crippen molar-refractivity contribution in [2.24, 2.45) is 0 Å². The number of alkyl halides is 3. The first-order valence-corrected chi connectivity index (χ1v) is 3.91. The van der Waals surface area contributed by atoms with Crippen molar-refractivity contribution < 1.29 is 27.2 Å². The van der Waals surface area contributed by atoms with Gasteiger partial charge in [-0.25, -0.2) is 0 Å². The first kappa shape index (κ1) is 12.2. The third-order valence-electron chi connectivity index (χ3n) is 1.67. The van der Waals surface area contributed by atoms with Crippen LogP contribution in [0.1, 0.15) is 5.56 Å². The van der Waals surface area contributed by atoms with Crippen molar-refractivity contribution in [3.8, 4) is 5.75 Å². The van der Waals surface area contributed by atoms with Crippen LogP contribution in [-0.2, 0) is 0 Å². The molecule has 0 amide bonds. The van der Waals surface area contributed by atoms with E-state index in [2.05, 4.69) is 4.74 Å². The van der Waals surface area contributed by atoms with Gasteiger partial charge < -0.3 is 4.74 Å². The van der Waals surface area contributed by atoms with E-state index in [1.165, 1.54) is 0 Å². The Bertz CT molecular complexity index is 430. The number of nitro benzene ring substituents is 1. The normalized spacial score (nSPS) is 11.3. The molecule has 4 nitrogen and oxygen atoms in total. The van der Waals surface area contributed by atoms with Gasteiger partial charge in [0.2, 0.25) is 5.82 Å². The molecular formula is C8H5F4NO3. The Hall–Kier alpha value is -1.86. The number of hydrogen-bond acceptors (Lipinski definition) is 3. The van der Waals surface area contributed by atoms with E-state index in [1.54, 1.807) is 0 Å². The molecule has 0 spiro atoms. The molecular weight excluding hydrogens is 234 g/mol. The van der Waals surface area contributed by atoms with Crippen LogP contribution < -0.4 is 4.74 Å².